The van der Waals surface area contributed by atoms with Crippen LogP contribution in [0.2, 0.25) is 0 Å². The van der Waals surface area contributed by atoms with Gasteiger partial charge in [0.05, 0.1) is 18.2 Å². The fraction of sp³-hybridized carbons (Fsp3) is 0.818. The molecule has 1 aliphatic heterocycles. The van der Waals surface area contributed by atoms with Gasteiger partial charge in [0.15, 0.2) is 0 Å². The number of nitrogens with one attached hydrogen (secondary N) is 1. The number of rotatable bonds is 2. The molecule has 1 aliphatic carbocycles. The lowest BCUT2D eigenvalue weighted by Crippen LogP contribution is -2.64. The van der Waals surface area contributed by atoms with Crippen molar-refractivity contribution in [2.75, 3.05) is 6.61 Å². The van der Waals surface area contributed by atoms with Crippen molar-refractivity contribution in [2.45, 2.75) is 50.7 Å². The number of ether oxygens (including phenoxy) is 1. The van der Waals surface area contributed by atoms with E-state index in [9.17, 15) is 0 Å². The molecule has 74 valence electrons. The molecule has 2 aliphatic rings. The van der Waals surface area contributed by atoms with Crippen LogP contribution in [-0.4, -0.2) is 18.2 Å². The van der Waals surface area contributed by atoms with Crippen LogP contribution in [0.15, 0.2) is 12.3 Å². The molecule has 0 bridgehead atoms. The van der Waals surface area contributed by atoms with Gasteiger partial charge < -0.3 is 10.1 Å². The summed E-state index contributed by atoms with van der Waals surface area (Å²) in [4.78, 5) is 0. The quantitative estimate of drug-likeness (QED) is 0.705. The molecule has 13 heavy (non-hydrogen) atoms. The maximum absolute atomic E-state index is 5.77. The Balaban J connectivity index is 1.94. The van der Waals surface area contributed by atoms with Crippen LogP contribution in [0.25, 0.3) is 0 Å². The van der Waals surface area contributed by atoms with Gasteiger partial charge in [0, 0.05) is 5.70 Å². The van der Waals surface area contributed by atoms with Crippen LogP contribution in [0.1, 0.15) is 39.0 Å². The average molecular weight is 181 g/mol. The van der Waals surface area contributed by atoms with E-state index in [1.807, 2.05) is 6.92 Å². The van der Waals surface area contributed by atoms with Crippen LogP contribution in [0.5, 0.6) is 0 Å². The normalized spacial score (nSPS) is 31.0. The summed E-state index contributed by atoms with van der Waals surface area (Å²) in [7, 11) is 0. The minimum Gasteiger partial charge on any atom is -0.381 e. The zero-order valence-corrected chi connectivity index (χ0v) is 8.44. The maximum Gasteiger partial charge on any atom is 0.0905 e. The van der Waals surface area contributed by atoms with Gasteiger partial charge in [-0.25, -0.2) is 0 Å². The van der Waals surface area contributed by atoms with Crippen molar-refractivity contribution < 1.29 is 4.74 Å². The van der Waals surface area contributed by atoms with Gasteiger partial charge in [-0.05, 0) is 19.8 Å². The van der Waals surface area contributed by atoms with Crippen molar-refractivity contribution >= 4 is 0 Å². The Labute approximate surface area is 80.4 Å². The topological polar surface area (TPSA) is 21.3 Å². The van der Waals surface area contributed by atoms with E-state index < -0.39 is 0 Å². The van der Waals surface area contributed by atoms with E-state index in [4.69, 9.17) is 4.74 Å². The Morgan fingerprint density at radius 3 is 2.54 bits per heavy atom. The molecule has 1 saturated heterocycles. The lowest BCUT2D eigenvalue weighted by atomic mass is 9.76. The Hall–Kier alpha value is -0.500. The van der Waals surface area contributed by atoms with Crippen LogP contribution < -0.4 is 5.32 Å². The van der Waals surface area contributed by atoms with Gasteiger partial charge in [0.2, 0.25) is 0 Å². The molecule has 2 nitrogen and oxygen atoms in total. The van der Waals surface area contributed by atoms with E-state index in [1.165, 1.54) is 32.1 Å². The second kappa shape index (κ2) is 3.33. The second-order valence-corrected chi connectivity index (χ2v) is 4.41. The van der Waals surface area contributed by atoms with Gasteiger partial charge in [0.25, 0.3) is 0 Å². The molecule has 0 aromatic carbocycles. The maximum atomic E-state index is 5.77. The van der Waals surface area contributed by atoms with Crippen LogP contribution in [-0.2, 0) is 4.74 Å². The molecule has 2 rings (SSSR count). The Morgan fingerprint density at radius 2 is 2.08 bits per heavy atom. The SMILES string of the molecule is C=C(C)NC1COC12CCCCC2. The summed E-state index contributed by atoms with van der Waals surface area (Å²) in [5.41, 5.74) is 1.25. The largest absolute Gasteiger partial charge is 0.381 e. The molecule has 0 radical (unpaired) electrons. The first-order valence-electron chi connectivity index (χ1n) is 5.29. The molecular weight excluding hydrogens is 162 g/mol. The second-order valence-electron chi connectivity index (χ2n) is 4.41. The summed E-state index contributed by atoms with van der Waals surface area (Å²) in [6, 6.07) is 0.533. The van der Waals surface area contributed by atoms with Crippen LogP contribution in [0, 0.1) is 0 Å². The van der Waals surface area contributed by atoms with Gasteiger partial charge in [0.1, 0.15) is 0 Å². The van der Waals surface area contributed by atoms with Crippen LogP contribution in [0.4, 0.5) is 0 Å². The van der Waals surface area contributed by atoms with Crippen LogP contribution in [0.3, 0.4) is 0 Å². The molecule has 0 aromatic heterocycles. The third-order valence-corrected chi connectivity index (χ3v) is 3.29. The zero-order chi connectivity index (χ0) is 9.31. The molecular formula is C11H19NO. The molecule has 2 fully saturated rings. The predicted octanol–water partition coefficient (Wildman–Crippen LogP) is 2.21. The lowest BCUT2D eigenvalue weighted by molar-refractivity contribution is -0.191. The van der Waals surface area contributed by atoms with E-state index in [2.05, 4.69) is 11.9 Å². The minimum absolute atomic E-state index is 0.178. The Morgan fingerprint density at radius 1 is 1.38 bits per heavy atom. The highest BCUT2D eigenvalue weighted by Crippen LogP contribution is 2.40. The summed E-state index contributed by atoms with van der Waals surface area (Å²) in [5.74, 6) is 0. The van der Waals surface area contributed by atoms with Gasteiger partial charge >= 0.3 is 0 Å². The number of allylic oxidation sites excluding steroid dienone is 1. The summed E-state index contributed by atoms with van der Waals surface area (Å²) in [5, 5.41) is 3.42. The van der Waals surface area contributed by atoms with E-state index in [-0.39, 0.29) is 5.60 Å². The molecule has 0 aromatic rings. The molecule has 1 N–H and O–H groups in total. The fourth-order valence-electron chi connectivity index (χ4n) is 2.52. The van der Waals surface area contributed by atoms with Gasteiger partial charge in [-0.3, -0.25) is 0 Å². The fourth-order valence-corrected chi connectivity index (χ4v) is 2.52. The molecule has 1 saturated carbocycles. The summed E-state index contributed by atoms with van der Waals surface area (Å²) < 4.78 is 5.77. The van der Waals surface area contributed by atoms with Crippen LogP contribution >= 0.6 is 0 Å². The highest BCUT2D eigenvalue weighted by molar-refractivity contribution is 5.06. The van der Waals surface area contributed by atoms with Crippen molar-refractivity contribution in [3.05, 3.63) is 12.3 Å². The van der Waals surface area contributed by atoms with E-state index in [0.29, 0.717) is 6.04 Å². The van der Waals surface area contributed by atoms with Crippen molar-refractivity contribution in [3.63, 3.8) is 0 Å². The average Bonchev–Trinajstić information content (AvgIpc) is 2.14. The van der Waals surface area contributed by atoms with E-state index in [1.54, 1.807) is 0 Å². The molecule has 1 atom stereocenters. The standard InChI is InChI=1S/C11H19NO/c1-9(2)12-10-8-13-11(10)6-4-3-5-7-11/h10,12H,1,3-8H2,2H3. The predicted molar refractivity (Wildman–Crippen MR) is 53.5 cm³/mol. The first kappa shape index (κ1) is 9.07. The third-order valence-electron chi connectivity index (χ3n) is 3.29. The number of hydrogen-bond acceptors (Lipinski definition) is 2. The monoisotopic (exact) mass is 181 g/mol. The minimum atomic E-state index is 0.178. The molecule has 1 spiro atoms. The smallest absolute Gasteiger partial charge is 0.0905 e. The first-order valence-corrected chi connectivity index (χ1v) is 5.29. The van der Waals surface area contributed by atoms with Crippen molar-refractivity contribution in [2.24, 2.45) is 0 Å². The Bertz CT molecular complexity index is 206. The summed E-state index contributed by atoms with van der Waals surface area (Å²) >= 11 is 0. The Kier molecular flexibility index (Phi) is 2.33. The third kappa shape index (κ3) is 1.60. The van der Waals surface area contributed by atoms with Gasteiger partial charge in [-0.2, -0.15) is 0 Å². The first-order chi connectivity index (χ1) is 6.23. The van der Waals surface area contributed by atoms with Crippen molar-refractivity contribution in [3.8, 4) is 0 Å². The van der Waals surface area contributed by atoms with Gasteiger partial charge in [-0.15, -0.1) is 0 Å². The molecule has 1 unspecified atom stereocenters. The van der Waals surface area contributed by atoms with Gasteiger partial charge in [-0.1, -0.05) is 25.8 Å². The molecule has 2 heteroatoms. The molecule has 1 heterocycles. The molecule has 0 amide bonds. The lowest BCUT2D eigenvalue weighted by Gasteiger charge is -2.52. The number of hydrogen-bond donors (Lipinski definition) is 1. The van der Waals surface area contributed by atoms with Crippen molar-refractivity contribution in [1.82, 2.24) is 5.32 Å². The highest BCUT2D eigenvalue weighted by Gasteiger charge is 2.48. The summed E-state index contributed by atoms with van der Waals surface area (Å²) in [6.45, 7) is 6.78. The summed E-state index contributed by atoms with van der Waals surface area (Å²) in [6.07, 6.45) is 6.50. The van der Waals surface area contributed by atoms with E-state index >= 15 is 0 Å². The van der Waals surface area contributed by atoms with E-state index in [0.717, 1.165) is 12.3 Å². The van der Waals surface area contributed by atoms with Crippen molar-refractivity contribution in [1.29, 1.82) is 0 Å². The highest BCUT2D eigenvalue weighted by atomic mass is 16.5. The zero-order valence-electron chi connectivity index (χ0n) is 8.44.